The van der Waals surface area contributed by atoms with E-state index in [-0.39, 0.29) is 15.6 Å². The van der Waals surface area contributed by atoms with Crippen LogP contribution in [0.3, 0.4) is 0 Å². The molecule has 0 spiro atoms. The van der Waals surface area contributed by atoms with Gasteiger partial charge >= 0.3 is 0 Å². The fourth-order valence-corrected chi connectivity index (χ4v) is 4.84. The van der Waals surface area contributed by atoms with E-state index in [9.17, 15) is 16.8 Å². The van der Waals surface area contributed by atoms with Gasteiger partial charge in [-0.2, -0.15) is 0 Å². The first-order valence-electron chi connectivity index (χ1n) is 4.58. The second-order valence-electron chi connectivity index (χ2n) is 3.61. The van der Waals surface area contributed by atoms with Crippen LogP contribution in [0, 0.1) is 0 Å². The predicted molar refractivity (Wildman–Crippen MR) is 67.6 cm³/mol. The molecule has 0 aromatic heterocycles. The van der Waals surface area contributed by atoms with E-state index >= 15 is 0 Å². The van der Waals surface area contributed by atoms with Crippen molar-refractivity contribution in [2.75, 3.05) is 23.5 Å². The molecule has 2 N–H and O–H groups in total. The summed E-state index contributed by atoms with van der Waals surface area (Å²) in [7, 11) is -7.15. The van der Waals surface area contributed by atoms with Gasteiger partial charge in [0.15, 0.2) is 9.84 Å². The Kier molecular flexibility index (Phi) is 4.06. The lowest BCUT2D eigenvalue weighted by molar-refractivity contribution is 0.590. The zero-order chi connectivity index (χ0) is 13.3. The number of rotatable bonds is 4. The predicted octanol–water partition coefficient (Wildman–Crippen LogP) is 0.741. The van der Waals surface area contributed by atoms with Crippen LogP contribution < -0.4 is 5.73 Å². The normalized spacial score (nSPS) is 12.6. The summed E-state index contributed by atoms with van der Waals surface area (Å²) in [6.07, 6.45) is 0.971. The zero-order valence-corrected chi connectivity index (χ0v) is 11.4. The fourth-order valence-electron chi connectivity index (χ4n) is 1.22. The summed E-state index contributed by atoms with van der Waals surface area (Å²) in [6.45, 7) is 0. The number of halogens is 1. The molecule has 0 aliphatic heterocycles. The molecule has 0 saturated heterocycles. The van der Waals surface area contributed by atoms with E-state index in [4.69, 9.17) is 17.3 Å². The van der Waals surface area contributed by atoms with E-state index in [1.165, 1.54) is 18.2 Å². The Hall–Kier alpha value is -0.790. The van der Waals surface area contributed by atoms with Crippen LogP contribution in [-0.4, -0.2) is 34.6 Å². The number of hydrogen-bond donors (Lipinski definition) is 1. The number of hydrogen-bond acceptors (Lipinski definition) is 5. The lowest BCUT2D eigenvalue weighted by Crippen LogP contribution is -2.17. The Morgan fingerprint density at radius 1 is 1.18 bits per heavy atom. The molecule has 96 valence electrons. The van der Waals surface area contributed by atoms with Gasteiger partial charge in [-0.05, 0) is 12.1 Å². The zero-order valence-electron chi connectivity index (χ0n) is 9.05. The Balaban J connectivity index is 3.15. The first kappa shape index (κ1) is 14.3. The lowest BCUT2D eigenvalue weighted by Gasteiger charge is -2.08. The minimum atomic E-state index is -3.79. The van der Waals surface area contributed by atoms with Gasteiger partial charge in [-0.15, -0.1) is 0 Å². The van der Waals surface area contributed by atoms with Crippen LogP contribution in [0.5, 0.6) is 0 Å². The number of nitrogens with two attached hydrogens (primary N) is 1. The SMILES string of the molecule is CS(=O)(=O)CCS(=O)(=O)c1c(N)cccc1Cl. The highest BCUT2D eigenvalue weighted by atomic mass is 35.5. The summed E-state index contributed by atoms with van der Waals surface area (Å²) < 4.78 is 45.7. The van der Waals surface area contributed by atoms with Crippen molar-refractivity contribution in [3.05, 3.63) is 23.2 Å². The van der Waals surface area contributed by atoms with Crippen LogP contribution in [-0.2, 0) is 19.7 Å². The highest BCUT2D eigenvalue weighted by Crippen LogP contribution is 2.28. The molecule has 5 nitrogen and oxygen atoms in total. The van der Waals surface area contributed by atoms with Crippen LogP contribution in [0.4, 0.5) is 5.69 Å². The van der Waals surface area contributed by atoms with Crippen molar-refractivity contribution in [2.24, 2.45) is 0 Å². The van der Waals surface area contributed by atoms with Crippen molar-refractivity contribution >= 4 is 37.0 Å². The molecule has 0 unspecified atom stereocenters. The highest BCUT2D eigenvalue weighted by molar-refractivity contribution is 7.95. The average molecular weight is 298 g/mol. The largest absolute Gasteiger partial charge is 0.398 e. The average Bonchev–Trinajstić information content (AvgIpc) is 2.13. The van der Waals surface area contributed by atoms with Gasteiger partial charge < -0.3 is 5.73 Å². The molecule has 8 heteroatoms. The van der Waals surface area contributed by atoms with Gasteiger partial charge in [-0.25, -0.2) is 16.8 Å². The third-order valence-corrected chi connectivity index (χ3v) is 5.48. The Labute approximate surface area is 105 Å². The molecule has 0 atom stereocenters. The van der Waals surface area contributed by atoms with Crippen molar-refractivity contribution in [3.63, 3.8) is 0 Å². The Bertz CT molecular complexity index is 602. The Morgan fingerprint density at radius 3 is 2.24 bits per heavy atom. The topological polar surface area (TPSA) is 94.3 Å². The molecule has 1 rings (SSSR count). The Morgan fingerprint density at radius 2 is 1.76 bits per heavy atom. The summed E-state index contributed by atoms with van der Waals surface area (Å²) in [5, 5.41) is -0.00139. The van der Waals surface area contributed by atoms with E-state index in [0.29, 0.717) is 0 Å². The van der Waals surface area contributed by atoms with Gasteiger partial charge in [-0.1, -0.05) is 17.7 Å². The highest BCUT2D eigenvalue weighted by Gasteiger charge is 2.22. The van der Waals surface area contributed by atoms with E-state index in [0.717, 1.165) is 6.26 Å². The summed E-state index contributed by atoms with van der Waals surface area (Å²) >= 11 is 5.76. The van der Waals surface area contributed by atoms with Gasteiger partial charge in [0, 0.05) is 6.26 Å². The summed E-state index contributed by atoms with van der Waals surface area (Å²) in [6, 6.07) is 4.32. The minimum absolute atomic E-state index is 0.00139. The molecule has 0 saturated carbocycles. The van der Waals surface area contributed by atoms with Crippen LogP contribution in [0.2, 0.25) is 5.02 Å². The molecule has 0 aliphatic rings. The van der Waals surface area contributed by atoms with Gasteiger partial charge in [-0.3, -0.25) is 0 Å². The maximum Gasteiger partial charge on any atom is 0.182 e. The maximum atomic E-state index is 11.9. The van der Waals surface area contributed by atoms with Crippen LogP contribution in [0.15, 0.2) is 23.1 Å². The molecular formula is C9H12ClNO4S2. The molecule has 0 radical (unpaired) electrons. The van der Waals surface area contributed by atoms with Crippen molar-refractivity contribution in [1.29, 1.82) is 0 Å². The van der Waals surface area contributed by atoms with Crippen LogP contribution in [0.1, 0.15) is 0 Å². The third-order valence-electron chi connectivity index (χ3n) is 2.03. The van der Waals surface area contributed by atoms with Crippen molar-refractivity contribution in [2.45, 2.75) is 4.90 Å². The van der Waals surface area contributed by atoms with E-state index < -0.39 is 31.2 Å². The molecule has 0 aliphatic carbocycles. The van der Waals surface area contributed by atoms with Gasteiger partial charge in [0.25, 0.3) is 0 Å². The van der Waals surface area contributed by atoms with Crippen LogP contribution >= 0.6 is 11.6 Å². The first-order chi connectivity index (χ1) is 7.63. The van der Waals surface area contributed by atoms with Crippen molar-refractivity contribution in [3.8, 4) is 0 Å². The molecule has 0 amide bonds. The summed E-state index contributed by atoms with van der Waals surface area (Å²) in [5.41, 5.74) is 5.55. The molecule has 1 aromatic carbocycles. The van der Waals surface area contributed by atoms with Crippen molar-refractivity contribution < 1.29 is 16.8 Å². The van der Waals surface area contributed by atoms with Crippen molar-refractivity contribution in [1.82, 2.24) is 0 Å². The van der Waals surface area contributed by atoms with Gasteiger partial charge in [0.2, 0.25) is 0 Å². The van der Waals surface area contributed by atoms with E-state index in [2.05, 4.69) is 0 Å². The summed E-state index contributed by atoms with van der Waals surface area (Å²) in [5.74, 6) is -0.986. The second-order valence-corrected chi connectivity index (χ2v) is 8.32. The molecule has 0 heterocycles. The smallest absolute Gasteiger partial charge is 0.182 e. The molecule has 0 bridgehead atoms. The van der Waals surface area contributed by atoms with Gasteiger partial charge in [0.05, 0.1) is 22.2 Å². The monoisotopic (exact) mass is 297 g/mol. The molecule has 0 fully saturated rings. The third kappa shape index (κ3) is 3.86. The number of benzene rings is 1. The minimum Gasteiger partial charge on any atom is -0.398 e. The molecular weight excluding hydrogens is 286 g/mol. The first-order valence-corrected chi connectivity index (χ1v) is 8.67. The number of sulfone groups is 2. The number of nitrogen functional groups attached to an aromatic ring is 1. The van der Waals surface area contributed by atoms with Gasteiger partial charge in [0.1, 0.15) is 14.7 Å². The maximum absolute atomic E-state index is 11.9. The van der Waals surface area contributed by atoms with Crippen LogP contribution in [0.25, 0.3) is 0 Å². The number of anilines is 1. The standard InChI is InChI=1S/C9H12ClNO4S2/c1-16(12,13)5-6-17(14,15)9-7(10)3-2-4-8(9)11/h2-4H,5-6,11H2,1H3. The fraction of sp³-hybridized carbons (Fsp3) is 0.333. The quantitative estimate of drug-likeness (QED) is 0.827. The second kappa shape index (κ2) is 4.83. The molecule has 17 heavy (non-hydrogen) atoms. The van der Waals surface area contributed by atoms with E-state index in [1.54, 1.807) is 0 Å². The lowest BCUT2D eigenvalue weighted by atomic mass is 10.3. The van der Waals surface area contributed by atoms with E-state index in [1.807, 2.05) is 0 Å². The summed E-state index contributed by atoms with van der Waals surface area (Å²) in [4.78, 5) is -0.203. The molecule has 1 aromatic rings.